The van der Waals surface area contributed by atoms with Crippen molar-refractivity contribution >= 4 is 34.6 Å². The minimum Gasteiger partial charge on any atom is -0.333 e. The topological polar surface area (TPSA) is 86.9 Å². The number of nitrogens with zero attached hydrogens (tertiary/aromatic N) is 1. The SMILES string of the molecule is CCCCC(=O)NNC(=O)c1ccc(CSc2nc3ccccc3[nH]2)cc1. The van der Waals surface area contributed by atoms with Gasteiger partial charge in [-0.1, -0.05) is 49.4 Å². The lowest BCUT2D eigenvalue weighted by Gasteiger charge is -2.07. The van der Waals surface area contributed by atoms with Crippen LogP contribution in [-0.2, 0) is 10.5 Å². The van der Waals surface area contributed by atoms with E-state index in [1.54, 1.807) is 23.9 Å². The van der Waals surface area contributed by atoms with Gasteiger partial charge < -0.3 is 4.98 Å². The fraction of sp³-hybridized carbons (Fsp3) is 0.250. The fourth-order valence-corrected chi connectivity index (χ4v) is 3.34. The van der Waals surface area contributed by atoms with Crippen molar-refractivity contribution in [2.75, 3.05) is 0 Å². The third-order valence-corrected chi connectivity index (χ3v) is 4.98. The van der Waals surface area contributed by atoms with Gasteiger partial charge >= 0.3 is 0 Å². The molecule has 1 aromatic heterocycles. The number of hydrogen-bond acceptors (Lipinski definition) is 4. The normalized spacial score (nSPS) is 10.7. The predicted octanol–water partition coefficient (Wildman–Crippen LogP) is 3.81. The van der Waals surface area contributed by atoms with Crippen LogP contribution in [0.3, 0.4) is 0 Å². The highest BCUT2D eigenvalue weighted by Crippen LogP contribution is 2.23. The quantitative estimate of drug-likeness (QED) is 0.428. The van der Waals surface area contributed by atoms with Crippen LogP contribution in [0, 0.1) is 0 Å². The van der Waals surface area contributed by atoms with Gasteiger partial charge in [0.1, 0.15) is 0 Å². The molecule has 7 heteroatoms. The predicted molar refractivity (Wildman–Crippen MR) is 107 cm³/mol. The van der Waals surface area contributed by atoms with Gasteiger partial charge in [-0.25, -0.2) is 4.98 Å². The fourth-order valence-electron chi connectivity index (χ4n) is 2.50. The van der Waals surface area contributed by atoms with Gasteiger partial charge in [0.15, 0.2) is 5.16 Å². The van der Waals surface area contributed by atoms with Gasteiger partial charge in [0, 0.05) is 17.7 Å². The molecular formula is C20H22N4O2S. The van der Waals surface area contributed by atoms with E-state index in [1.165, 1.54) is 0 Å². The summed E-state index contributed by atoms with van der Waals surface area (Å²) in [4.78, 5) is 31.4. The van der Waals surface area contributed by atoms with E-state index in [0.29, 0.717) is 12.0 Å². The number of carbonyl (C=O) groups is 2. The third kappa shape index (κ3) is 5.34. The first-order valence-electron chi connectivity index (χ1n) is 8.91. The largest absolute Gasteiger partial charge is 0.333 e. The lowest BCUT2D eigenvalue weighted by molar-refractivity contribution is -0.121. The molecule has 0 unspecified atom stereocenters. The van der Waals surface area contributed by atoms with Crippen LogP contribution >= 0.6 is 11.8 Å². The first-order chi connectivity index (χ1) is 13.2. The molecule has 3 rings (SSSR count). The van der Waals surface area contributed by atoms with E-state index in [4.69, 9.17) is 0 Å². The van der Waals surface area contributed by atoms with Gasteiger partial charge in [-0.15, -0.1) is 0 Å². The molecule has 0 aliphatic heterocycles. The van der Waals surface area contributed by atoms with Crippen molar-refractivity contribution < 1.29 is 9.59 Å². The van der Waals surface area contributed by atoms with E-state index < -0.39 is 0 Å². The molecule has 1 heterocycles. The van der Waals surface area contributed by atoms with E-state index in [0.717, 1.165) is 40.3 Å². The second kappa shape index (κ2) is 9.23. The lowest BCUT2D eigenvalue weighted by Crippen LogP contribution is -2.41. The Morgan fingerprint density at radius 3 is 2.59 bits per heavy atom. The van der Waals surface area contributed by atoms with Crippen molar-refractivity contribution in [3.8, 4) is 0 Å². The van der Waals surface area contributed by atoms with Gasteiger partial charge in [0.05, 0.1) is 11.0 Å². The van der Waals surface area contributed by atoms with Crippen molar-refractivity contribution in [3.05, 3.63) is 59.7 Å². The summed E-state index contributed by atoms with van der Waals surface area (Å²) in [7, 11) is 0. The highest BCUT2D eigenvalue weighted by Gasteiger charge is 2.08. The Kier molecular flexibility index (Phi) is 6.49. The Morgan fingerprint density at radius 1 is 1.07 bits per heavy atom. The molecule has 0 bridgehead atoms. The minimum atomic E-state index is -0.323. The number of H-pyrrole nitrogens is 1. The van der Waals surface area contributed by atoms with Gasteiger partial charge in [0.25, 0.3) is 5.91 Å². The molecule has 0 radical (unpaired) electrons. The lowest BCUT2D eigenvalue weighted by atomic mass is 10.1. The molecule has 0 spiro atoms. The molecule has 0 aliphatic rings. The molecule has 0 aliphatic carbocycles. The second-order valence-corrected chi connectivity index (χ2v) is 7.11. The molecule has 0 fully saturated rings. The van der Waals surface area contributed by atoms with Crippen molar-refractivity contribution in [2.45, 2.75) is 37.1 Å². The number of thioether (sulfide) groups is 1. The highest BCUT2D eigenvalue weighted by atomic mass is 32.2. The number of aromatic amines is 1. The summed E-state index contributed by atoms with van der Waals surface area (Å²) in [5.41, 5.74) is 8.44. The van der Waals surface area contributed by atoms with Crippen molar-refractivity contribution in [2.24, 2.45) is 0 Å². The maximum absolute atomic E-state index is 12.1. The molecular weight excluding hydrogens is 360 g/mol. The van der Waals surface area contributed by atoms with Crippen molar-refractivity contribution in [1.82, 2.24) is 20.8 Å². The smallest absolute Gasteiger partial charge is 0.269 e. The van der Waals surface area contributed by atoms with Crippen LogP contribution in [-0.4, -0.2) is 21.8 Å². The number of aromatic nitrogens is 2. The number of benzene rings is 2. The number of unbranched alkanes of at least 4 members (excludes halogenated alkanes) is 1. The Labute approximate surface area is 162 Å². The number of nitrogens with one attached hydrogen (secondary N) is 3. The third-order valence-electron chi connectivity index (χ3n) is 4.03. The standard InChI is InChI=1S/C20H22N4O2S/c1-2-3-8-18(25)23-24-19(26)15-11-9-14(10-12-15)13-27-20-21-16-6-4-5-7-17(16)22-20/h4-7,9-12H,2-3,8,13H2,1H3,(H,21,22)(H,23,25)(H,24,26). The monoisotopic (exact) mass is 382 g/mol. The zero-order chi connectivity index (χ0) is 19.1. The number of amides is 2. The van der Waals surface area contributed by atoms with Crippen LogP contribution in [0.25, 0.3) is 11.0 Å². The number of fused-ring (bicyclic) bond motifs is 1. The molecule has 0 atom stereocenters. The van der Waals surface area contributed by atoms with Crippen LogP contribution in [0.2, 0.25) is 0 Å². The van der Waals surface area contributed by atoms with E-state index in [-0.39, 0.29) is 11.8 Å². The molecule has 6 nitrogen and oxygen atoms in total. The summed E-state index contributed by atoms with van der Waals surface area (Å²) in [5, 5.41) is 0.868. The van der Waals surface area contributed by atoms with E-state index in [1.807, 2.05) is 43.3 Å². The van der Waals surface area contributed by atoms with E-state index in [9.17, 15) is 9.59 Å². The number of hydrogen-bond donors (Lipinski definition) is 3. The first-order valence-corrected chi connectivity index (χ1v) is 9.90. The Bertz CT molecular complexity index is 888. The number of imidazole rings is 1. The van der Waals surface area contributed by atoms with Crippen LogP contribution in [0.15, 0.2) is 53.7 Å². The van der Waals surface area contributed by atoms with Crippen molar-refractivity contribution in [1.29, 1.82) is 0 Å². The zero-order valence-corrected chi connectivity index (χ0v) is 15.9. The average Bonchev–Trinajstić information content (AvgIpc) is 3.12. The van der Waals surface area contributed by atoms with Crippen LogP contribution in [0.1, 0.15) is 42.1 Å². The van der Waals surface area contributed by atoms with Crippen LogP contribution in [0.5, 0.6) is 0 Å². The van der Waals surface area contributed by atoms with Gasteiger partial charge in [-0.3, -0.25) is 20.4 Å². The highest BCUT2D eigenvalue weighted by molar-refractivity contribution is 7.98. The number of rotatable bonds is 7. The molecule has 2 amide bonds. The molecule has 27 heavy (non-hydrogen) atoms. The molecule has 0 saturated heterocycles. The average molecular weight is 382 g/mol. The van der Waals surface area contributed by atoms with E-state index in [2.05, 4.69) is 20.8 Å². The minimum absolute atomic E-state index is 0.177. The van der Waals surface area contributed by atoms with E-state index >= 15 is 0 Å². The summed E-state index contributed by atoms with van der Waals surface area (Å²) < 4.78 is 0. The first kappa shape index (κ1) is 19.0. The van der Waals surface area contributed by atoms with Gasteiger partial charge in [-0.05, 0) is 36.2 Å². The second-order valence-electron chi connectivity index (χ2n) is 6.15. The van der Waals surface area contributed by atoms with Crippen LogP contribution < -0.4 is 10.9 Å². The molecule has 0 saturated carbocycles. The summed E-state index contributed by atoms with van der Waals surface area (Å²) in [6.45, 7) is 2.01. The Balaban J connectivity index is 1.50. The summed E-state index contributed by atoms with van der Waals surface area (Å²) in [6, 6.07) is 15.2. The zero-order valence-electron chi connectivity index (χ0n) is 15.1. The van der Waals surface area contributed by atoms with Gasteiger partial charge in [-0.2, -0.15) is 0 Å². The molecule has 3 N–H and O–H groups in total. The maximum Gasteiger partial charge on any atom is 0.269 e. The summed E-state index contributed by atoms with van der Waals surface area (Å²) >= 11 is 1.61. The number of para-hydroxylation sites is 2. The Hall–Kier alpha value is -2.80. The molecule has 2 aromatic carbocycles. The van der Waals surface area contributed by atoms with Gasteiger partial charge in [0.2, 0.25) is 5.91 Å². The maximum atomic E-state index is 12.1. The number of carbonyl (C=O) groups excluding carboxylic acids is 2. The van der Waals surface area contributed by atoms with Crippen LogP contribution in [0.4, 0.5) is 0 Å². The summed E-state index contributed by atoms with van der Waals surface area (Å²) in [5.74, 6) is 0.246. The summed E-state index contributed by atoms with van der Waals surface area (Å²) in [6.07, 6.45) is 2.16. The van der Waals surface area contributed by atoms with Crippen molar-refractivity contribution in [3.63, 3.8) is 0 Å². The molecule has 3 aromatic rings. The number of hydrazine groups is 1. The molecule has 140 valence electrons. The Morgan fingerprint density at radius 2 is 1.85 bits per heavy atom.